The van der Waals surface area contributed by atoms with Crippen molar-refractivity contribution in [2.45, 2.75) is 45.4 Å². The predicted octanol–water partition coefficient (Wildman–Crippen LogP) is 3.01. The zero-order chi connectivity index (χ0) is 19.1. The van der Waals surface area contributed by atoms with E-state index in [0.29, 0.717) is 12.8 Å². The molecule has 0 atom stereocenters. The Morgan fingerprint density at radius 2 is 2.00 bits per heavy atom. The lowest BCUT2D eigenvalue weighted by Gasteiger charge is -2.31. The number of carbonyl (C=O) groups excluding carboxylic acids is 1. The van der Waals surface area contributed by atoms with Crippen LogP contribution >= 0.6 is 11.3 Å². The Bertz CT molecular complexity index is 1020. The summed E-state index contributed by atoms with van der Waals surface area (Å²) in [7, 11) is 0. The number of aryl methyl sites for hydroxylation is 3. The number of aromatic nitrogens is 4. The fourth-order valence-corrected chi connectivity index (χ4v) is 5.08. The summed E-state index contributed by atoms with van der Waals surface area (Å²) in [6.45, 7) is 4.93. The first-order chi connectivity index (χ1) is 13.7. The number of benzene rings is 1. The van der Waals surface area contributed by atoms with Gasteiger partial charge in [-0.2, -0.15) is 9.61 Å². The topological polar surface area (TPSA) is 66.6 Å². The lowest BCUT2D eigenvalue weighted by molar-refractivity contribution is -0.118. The Labute approximate surface area is 168 Å². The van der Waals surface area contributed by atoms with Gasteiger partial charge in [-0.3, -0.25) is 4.79 Å². The average molecular weight is 397 g/mol. The van der Waals surface area contributed by atoms with E-state index in [1.54, 1.807) is 4.52 Å². The molecule has 2 aromatic heterocycles. The number of anilines is 2. The molecule has 1 fully saturated rings. The number of hydrogen-bond donors (Lipinski definition) is 0. The molecule has 1 amide bonds. The lowest BCUT2D eigenvalue weighted by atomic mass is 10.00. The Morgan fingerprint density at radius 1 is 1.14 bits per heavy atom. The van der Waals surface area contributed by atoms with Crippen molar-refractivity contribution in [3.8, 4) is 0 Å². The lowest BCUT2D eigenvalue weighted by Crippen LogP contribution is -2.35. The summed E-state index contributed by atoms with van der Waals surface area (Å²) >= 11 is 1.51. The van der Waals surface area contributed by atoms with Gasteiger partial charge in [0, 0.05) is 43.9 Å². The Balaban J connectivity index is 1.33. The van der Waals surface area contributed by atoms with Gasteiger partial charge in [-0.05, 0) is 50.3 Å². The molecule has 4 heterocycles. The molecule has 3 aromatic rings. The van der Waals surface area contributed by atoms with E-state index < -0.39 is 0 Å². The Morgan fingerprint density at radius 3 is 2.82 bits per heavy atom. The van der Waals surface area contributed by atoms with E-state index in [0.717, 1.165) is 54.0 Å². The van der Waals surface area contributed by atoms with Crippen molar-refractivity contribution in [3.63, 3.8) is 0 Å². The molecule has 0 N–H and O–H groups in total. The van der Waals surface area contributed by atoms with Crippen LogP contribution in [0.15, 0.2) is 18.2 Å². The second-order valence-corrected chi connectivity index (χ2v) is 8.63. The van der Waals surface area contributed by atoms with E-state index in [4.69, 9.17) is 0 Å². The molecule has 8 heteroatoms. The predicted molar refractivity (Wildman–Crippen MR) is 110 cm³/mol. The van der Waals surface area contributed by atoms with Crippen molar-refractivity contribution in [2.24, 2.45) is 0 Å². The number of carbonyl (C=O) groups is 1. The SMILES string of the molecule is Cc1nnc2sc(CCC(=O)N3CCCc4ccc(N5CCCC5)cc43)nn12. The van der Waals surface area contributed by atoms with Crippen LogP contribution in [0.5, 0.6) is 0 Å². The van der Waals surface area contributed by atoms with Crippen molar-refractivity contribution >= 4 is 33.6 Å². The van der Waals surface area contributed by atoms with Gasteiger partial charge >= 0.3 is 0 Å². The molecule has 0 bridgehead atoms. The van der Waals surface area contributed by atoms with Gasteiger partial charge in [0.15, 0.2) is 5.82 Å². The van der Waals surface area contributed by atoms with E-state index >= 15 is 0 Å². The van der Waals surface area contributed by atoms with Crippen LogP contribution in [-0.4, -0.2) is 45.4 Å². The second kappa shape index (κ2) is 7.16. The quantitative estimate of drug-likeness (QED) is 0.678. The maximum absolute atomic E-state index is 13.0. The van der Waals surface area contributed by atoms with Gasteiger partial charge in [0.1, 0.15) is 5.01 Å². The third kappa shape index (κ3) is 3.15. The fourth-order valence-electron chi connectivity index (χ4n) is 4.20. The van der Waals surface area contributed by atoms with Gasteiger partial charge in [0.25, 0.3) is 0 Å². The van der Waals surface area contributed by atoms with Gasteiger partial charge in [-0.15, -0.1) is 10.2 Å². The molecule has 0 unspecified atom stereocenters. The highest BCUT2D eigenvalue weighted by Crippen LogP contribution is 2.33. The van der Waals surface area contributed by atoms with Gasteiger partial charge in [-0.25, -0.2) is 0 Å². The standard InChI is InChI=1S/C20H24N6OS/c1-14-21-22-20-26(14)23-18(28-20)8-9-19(27)25-12-4-5-15-6-7-16(13-17(15)25)24-10-2-3-11-24/h6-7,13H,2-5,8-12H2,1H3. The first-order valence-corrected chi connectivity index (χ1v) is 10.9. The highest BCUT2D eigenvalue weighted by molar-refractivity contribution is 7.16. The van der Waals surface area contributed by atoms with E-state index in [9.17, 15) is 4.79 Å². The fraction of sp³-hybridized carbons (Fsp3) is 0.500. The highest BCUT2D eigenvalue weighted by Gasteiger charge is 2.24. The maximum Gasteiger partial charge on any atom is 0.234 e. The van der Waals surface area contributed by atoms with Crippen LogP contribution in [-0.2, 0) is 17.6 Å². The van der Waals surface area contributed by atoms with E-state index in [1.165, 1.54) is 35.4 Å². The molecule has 28 heavy (non-hydrogen) atoms. The number of amides is 1. The first kappa shape index (κ1) is 17.6. The number of nitrogens with zero attached hydrogens (tertiary/aromatic N) is 6. The minimum atomic E-state index is 0.183. The summed E-state index contributed by atoms with van der Waals surface area (Å²) < 4.78 is 1.75. The van der Waals surface area contributed by atoms with Crippen LogP contribution in [0.2, 0.25) is 0 Å². The van der Waals surface area contributed by atoms with Crippen molar-refractivity contribution in [1.82, 2.24) is 19.8 Å². The molecule has 0 radical (unpaired) electrons. The number of fused-ring (bicyclic) bond motifs is 2. The highest BCUT2D eigenvalue weighted by atomic mass is 32.1. The van der Waals surface area contributed by atoms with Gasteiger partial charge in [0.2, 0.25) is 10.9 Å². The molecule has 0 saturated carbocycles. The third-order valence-corrected chi connectivity index (χ3v) is 6.66. The number of hydrogen-bond acceptors (Lipinski definition) is 6. The molecule has 1 saturated heterocycles. The minimum absolute atomic E-state index is 0.183. The van der Waals surface area contributed by atoms with Crippen LogP contribution in [0, 0.1) is 6.92 Å². The molecular formula is C20H24N6OS. The second-order valence-electron chi connectivity index (χ2n) is 7.59. The normalized spacial score (nSPS) is 16.8. The minimum Gasteiger partial charge on any atom is -0.371 e. The van der Waals surface area contributed by atoms with Gasteiger partial charge < -0.3 is 9.80 Å². The summed E-state index contributed by atoms with van der Waals surface area (Å²) in [5.41, 5.74) is 3.65. The molecule has 2 aliphatic heterocycles. The van der Waals surface area contributed by atoms with Crippen molar-refractivity contribution < 1.29 is 4.79 Å². The van der Waals surface area contributed by atoms with Crippen molar-refractivity contribution in [3.05, 3.63) is 34.6 Å². The number of rotatable bonds is 4. The largest absolute Gasteiger partial charge is 0.371 e. The first-order valence-electron chi connectivity index (χ1n) is 10.0. The molecule has 2 aliphatic rings. The van der Waals surface area contributed by atoms with Crippen molar-refractivity contribution in [1.29, 1.82) is 0 Å². The molecule has 7 nitrogen and oxygen atoms in total. The van der Waals surface area contributed by atoms with E-state index in [-0.39, 0.29) is 5.91 Å². The van der Waals surface area contributed by atoms with Crippen LogP contribution in [0.4, 0.5) is 11.4 Å². The molecule has 146 valence electrons. The van der Waals surface area contributed by atoms with Crippen LogP contribution in [0.25, 0.3) is 4.96 Å². The zero-order valence-electron chi connectivity index (χ0n) is 16.1. The van der Waals surface area contributed by atoms with Crippen LogP contribution in [0.3, 0.4) is 0 Å². The molecule has 0 spiro atoms. The molecule has 1 aromatic carbocycles. The summed E-state index contributed by atoms with van der Waals surface area (Å²) in [4.78, 5) is 18.3. The Kier molecular flexibility index (Phi) is 4.50. The molecular weight excluding hydrogens is 372 g/mol. The Hall–Kier alpha value is -2.48. The summed E-state index contributed by atoms with van der Waals surface area (Å²) in [5.74, 6) is 0.963. The summed E-state index contributed by atoms with van der Waals surface area (Å²) in [5, 5.41) is 13.6. The zero-order valence-corrected chi connectivity index (χ0v) is 16.9. The van der Waals surface area contributed by atoms with E-state index in [1.807, 2.05) is 11.8 Å². The van der Waals surface area contributed by atoms with Crippen LogP contribution in [0.1, 0.15) is 42.1 Å². The van der Waals surface area contributed by atoms with Gasteiger partial charge in [-0.1, -0.05) is 17.4 Å². The summed E-state index contributed by atoms with van der Waals surface area (Å²) in [6.07, 6.45) is 5.70. The monoisotopic (exact) mass is 396 g/mol. The van der Waals surface area contributed by atoms with E-state index in [2.05, 4.69) is 38.4 Å². The van der Waals surface area contributed by atoms with Crippen LogP contribution < -0.4 is 9.80 Å². The third-order valence-electron chi connectivity index (χ3n) is 5.70. The summed E-state index contributed by atoms with van der Waals surface area (Å²) in [6, 6.07) is 6.66. The van der Waals surface area contributed by atoms with Crippen molar-refractivity contribution in [2.75, 3.05) is 29.4 Å². The van der Waals surface area contributed by atoms with Gasteiger partial charge in [0.05, 0.1) is 0 Å². The smallest absolute Gasteiger partial charge is 0.234 e. The molecule has 5 rings (SSSR count). The average Bonchev–Trinajstić information content (AvgIpc) is 3.45. The molecule has 0 aliphatic carbocycles. The maximum atomic E-state index is 13.0.